The van der Waals surface area contributed by atoms with Crippen LogP contribution in [-0.2, 0) is 35.2 Å². The second kappa shape index (κ2) is 20.2. The molecule has 1 aliphatic heterocycles. The molecule has 0 aliphatic carbocycles. The monoisotopic (exact) mass is 705 g/mol. The van der Waals surface area contributed by atoms with Gasteiger partial charge in [-0.2, -0.15) is 12.6 Å². The number of amides is 5. The first-order valence-electron chi connectivity index (χ1n) is 16.4. The largest absolute Gasteiger partial charge is 0.480 e. The quantitative estimate of drug-likeness (QED) is 0.0357. The number of carboxylic acids is 1. The van der Waals surface area contributed by atoms with Crippen LogP contribution >= 0.6 is 12.6 Å². The number of hydrogen-bond acceptors (Lipinski definition) is 9. The van der Waals surface area contributed by atoms with Crippen LogP contribution < -0.4 is 38.1 Å². The van der Waals surface area contributed by atoms with E-state index in [-0.39, 0.29) is 49.3 Å². The van der Waals surface area contributed by atoms with Gasteiger partial charge in [0.1, 0.15) is 30.2 Å². The molecular formula is C32H51N9O7S. The number of aliphatic carboxylic acids is 1. The number of benzene rings is 1. The van der Waals surface area contributed by atoms with Crippen LogP contribution in [0.5, 0.6) is 0 Å². The van der Waals surface area contributed by atoms with E-state index in [0.29, 0.717) is 31.4 Å². The second-order valence-electron chi connectivity index (χ2n) is 12.2. The highest BCUT2D eigenvalue weighted by molar-refractivity contribution is 7.80. The van der Waals surface area contributed by atoms with Gasteiger partial charge in [0.15, 0.2) is 5.96 Å². The molecule has 5 amide bonds. The molecule has 0 unspecified atom stereocenters. The van der Waals surface area contributed by atoms with Crippen LogP contribution in [0.3, 0.4) is 0 Å². The summed E-state index contributed by atoms with van der Waals surface area (Å²) in [5.41, 5.74) is 12.1. The zero-order valence-electron chi connectivity index (χ0n) is 28.2. The molecule has 0 bridgehead atoms. The summed E-state index contributed by atoms with van der Waals surface area (Å²) in [6, 6.07) is 2.52. The fourth-order valence-corrected chi connectivity index (χ4v) is 5.51. The lowest BCUT2D eigenvalue weighted by atomic mass is 9.98. The van der Waals surface area contributed by atoms with Gasteiger partial charge in [0, 0.05) is 25.3 Å². The SMILES string of the molecule is CC[C@H](C)[C@H](N)C(=O)N1CCC[C@H]1C(=O)N[C@@H](C)C(=O)N[C@@H](Cc1ccccc1)C(=O)N[C@@H](CS)C(=O)N[C@@H](CCCNC(=N)N)C(=O)O. The Kier molecular flexibility index (Phi) is 16.8. The molecular weight excluding hydrogens is 654 g/mol. The summed E-state index contributed by atoms with van der Waals surface area (Å²) in [7, 11) is 0. The van der Waals surface area contributed by atoms with E-state index >= 15 is 0 Å². The van der Waals surface area contributed by atoms with Gasteiger partial charge in [-0.25, -0.2) is 4.79 Å². The number of guanidine groups is 1. The van der Waals surface area contributed by atoms with Crippen molar-refractivity contribution in [2.75, 3.05) is 18.8 Å². The third-order valence-electron chi connectivity index (χ3n) is 8.46. The molecule has 0 saturated carbocycles. The predicted octanol–water partition coefficient (Wildman–Crippen LogP) is -1.17. The zero-order valence-corrected chi connectivity index (χ0v) is 29.1. The van der Waals surface area contributed by atoms with E-state index in [4.69, 9.17) is 16.9 Å². The molecule has 17 heteroatoms. The van der Waals surface area contributed by atoms with Crippen LogP contribution in [0.25, 0.3) is 0 Å². The van der Waals surface area contributed by atoms with E-state index in [1.54, 1.807) is 30.3 Å². The minimum atomic E-state index is -1.28. The van der Waals surface area contributed by atoms with Crippen LogP contribution in [0.2, 0.25) is 0 Å². The van der Waals surface area contributed by atoms with E-state index < -0.39 is 65.8 Å². The molecule has 1 saturated heterocycles. The number of likely N-dealkylation sites (tertiary alicyclic amines) is 1. The number of nitrogens with one attached hydrogen (secondary N) is 6. The lowest BCUT2D eigenvalue weighted by Crippen LogP contribution is -2.59. The Morgan fingerprint density at radius 1 is 0.980 bits per heavy atom. The molecule has 1 aliphatic rings. The number of hydrogen-bond donors (Lipinski definition) is 10. The van der Waals surface area contributed by atoms with E-state index in [1.165, 1.54) is 11.8 Å². The van der Waals surface area contributed by atoms with Crippen molar-refractivity contribution in [1.82, 2.24) is 31.5 Å². The van der Waals surface area contributed by atoms with Gasteiger partial charge >= 0.3 is 5.97 Å². The normalized spacial score (nSPS) is 17.7. The Morgan fingerprint density at radius 2 is 1.59 bits per heavy atom. The van der Waals surface area contributed by atoms with E-state index in [2.05, 4.69) is 39.2 Å². The first-order chi connectivity index (χ1) is 23.2. The molecule has 1 aromatic rings. The number of carbonyl (C=O) groups is 6. The molecule has 11 N–H and O–H groups in total. The molecule has 0 spiro atoms. The topological polar surface area (TPSA) is 262 Å². The molecule has 1 fully saturated rings. The predicted molar refractivity (Wildman–Crippen MR) is 186 cm³/mol. The Hall–Kier alpha value is -4.38. The summed E-state index contributed by atoms with van der Waals surface area (Å²) in [6.45, 7) is 5.87. The summed E-state index contributed by atoms with van der Waals surface area (Å²) < 4.78 is 0. The van der Waals surface area contributed by atoms with Gasteiger partial charge < -0.3 is 48.1 Å². The number of thiol groups is 1. The van der Waals surface area contributed by atoms with Crippen LogP contribution in [0.1, 0.15) is 58.4 Å². The fraction of sp³-hybridized carbons (Fsp3) is 0.594. The van der Waals surface area contributed by atoms with Crippen molar-refractivity contribution in [3.05, 3.63) is 35.9 Å². The number of nitrogens with two attached hydrogens (primary N) is 2. The highest BCUT2D eigenvalue weighted by Crippen LogP contribution is 2.21. The Labute approximate surface area is 292 Å². The Balaban J connectivity index is 2.11. The van der Waals surface area contributed by atoms with Crippen LogP contribution in [0.4, 0.5) is 0 Å². The molecule has 49 heavy (non-hydrogen) atoms. The maximum absolute atomic E-state index is 13.5. The molecule has 16 nitrogen and oxygen atoms in total. The maximum Gasteiger partial charge on any atom is 0.326 e. The average Bonchev–Trinajstić information content (AvgIpc) is 3.57. The molecule has 272 valence electrons. The van der Waals surface area contributed by atoms with Gasteiger partial charge in [0.25, 0.3) is 0 Å². The van der Waals surface area contributed by atoms with Gasteiger partial charge in [-0.15, -0.1) is 0 Å². The van der Waals surface area contributed by atoms with Gasteiger partial charge in [-0.1, -0.05) is 50.6 Å². The third kappa shape index (κ3) is 12.9. The molecule has 0 aromatic heterocycles. The smallest absolute Gasteiger partial charge is 0.326 e. The highest BCUT2D eigenvalue weighted by atomic mass is 32.1. The lowest BCUT2D eigenvalue weighted by Gasteiger charge is -2.29. The first kappa shape index (κ1) is 40.8. The lowest BCUT2D eigenvalue weighted by molar-refractivity contribution is -0.142. The minimum absolute atomic E-state index is 0.0301. The standard InChI is InChI=1S/C32H51N9O7S/c1-4-18(2)25(33)30(46)41-15-9-13-24(41)29(45)37-19(3)26(42)39-22(16-20-10-6-5-7-11-20)27(43)40-23(17-49)28(44)38-21(31(47)48)12-8-14-36-32(34)35/h5-7,10-11,18-19,21-25,49H,4,8-9,12-17,33H2,1-3H3,(H,37,45)(H,38,44)(H,39,42)(H,40,43)(H,47,48)(H4,34,35,36)/t18-,19-,21-,22-,23-,24-,25-/m0/s1. The molecule has 7 atom stereocenters. The van der Waals surface area contributed by atoms with Crippen molar-refractivity contribution in [2.24, 2.45) is 17.4 Å². The van der Waals surface area contributed by atoms with Gasteiger partial charge in [0.2, 0.25) is 29.5 Å². The van der Waals surface area contributed by atoms with Crippen molar-refractivity contribution in [3.8, 4) is 0 Å². The van der Waals surface area contributed by atoms with Crippen molar-refractivity contribution >= 4 is 54.1 Å². The summed E-state index contributed by atoms with van der Waals surface area (Å²) in [6.07, 6.45) is 2.09. The second-order valence-corrected chi connectivity index (χ2v) is 12.6. The minimum Gasteiger partial charge on any atom is -0.480 e. The fourth-order valence-electron chi connectivity index (χ4n) is 5.25. The molecule has 2 rings (SSSR count). The third-order valence-corrected chi connectivity index (χ3v) is 8.83. The highest BCUT2D eigenvalue weighted by Gasteiger charge is 2.38. The molecule has 1 heterocycles. The van der Waals surface area contributed by atoms with Gasteiger partial charge in [0.05, 0.1) is 6.04 Å². The average molecular weight is 706 g/mol. The Bertz CT molecular complexity index is 1320. The van der Waals surface area contributed by atoms with Crippen molar-refractivity contribution in [2.45, 2.75) is 95.5 Å². The van der Waals surface area contributed by atoms with E-state index in [1.807, 2.05) is 13.8 Å². The zero-order chi connectivity index (χ0) is 36.7. The summed E-state index contributed by atoms with van der Waals surface area (Å²) >= 11 is 4.17. The Morgan fingerprint density at radius 3 is 2.18 bits per heavy atom. The van der Waals surface area contributed by atoms with Crippen molar-refractivity contribution < 1.29 is 33.9 Å². The summed E-state index contributed by atoms with van der Waals surface area (Å²) in [5, 5.41) is 29.6. The van der Waals surface area contributed by atoms with E-state index in [0.717, 1.165) is 0 Å². The van der Waals surface area contributed by atoms with E-state index in [9.17, 15) is 33.9 Å². The van der Waals surface area contributed by atoms with Crippen molar-refractivity contribution in [3.63, 3.8) is 0 Å². The maximum atomic E-state index is 13.5. The number of nitrogens with zero attached hydrogens (tertiary/aromatic N) is 1. The van der Waals surface area contributed by atoms with Gasteiger partial charge in [-0.05, 0) is 44.1 Å². The number of carbonyl (C=O) groups excluding carboxylic acids is 5. The van der Waals surface area contributed by atoms with Crippen molar-refractivity contribution in [1.29, 1.82) is 5.41 Å². The summed E-state index contributed by atoms with van der Waals surface area (Å²) in [5.74, 6) is -4.80. The van der Waals surface area contributed by atoms with Crippen LogP contribution in [0, 0.1) is 11.3 Å². The van der Waals surface area contributed by atoms with Crippen LogP contribution in [0.15, 0.2) is 30.3 Å². The van der Waals surface area contributed by atoms with Crippen LogP contribution in [-0.4, -0.2) is 107 Å². The molecule has 1 aromatic carbocycles. The van der Waals surface area contributed by atoms with Gasteiger partial charge in [-0.3, -0.25) is 29.4 Å². The number of rotatable bonds is 19. The number of carboxylic acid groups (broad SMARTS) is 1. The molecule has 0 radical (unpaired) electrons. The summed E-state index contributed by atoms with van der Waals surface area (Å²) in [4.78, 5) is 79.4. The first-order valence-corrected chi connectivity index (χ1v) is 17.1.